The fourth-order valence-electron chi connectivity index (χ4n) is 5.54. The normalized spacial score (nSPS) is 19.2. The van der Waals surface area contributed by atoms with Gasteiger partial charge in [-0.3, -0.25) is 4.90 Å². The van der Waals surface area contributed by atoms with Gasteiger partial charge >= 0.3 is 0 Å². The maximum atomic E-state index is 5.70. The molecule has 2 aliphatic rings. The van der Waals surface area contributed by atoms with Crippen molar-refractivity contribution in [3.63, 3.8) is 0 Å². The Hall–Kier alpha value is -2.56. The summed E-state index contributed by atoms with van der Waals surface area (Å²) in [5.41, 5.74) is 4.20. The van der Waals surface area contributed by atoms with Crippen molar-refractivity contribution in [2.75, 3.05) is 46.9 Å². The lowest BCUT2D eigenvalue weighted by Crippen LogP contribution is -2.41. The van der Waals surface area contributed by atoms with Crippen LogP contribution >= 0.6 is 0 Å². The van der Waals surface area contributed by atoms with E-state index in [9.17, 15) is 0 Å². The molecule has 1 atom stereocenters. The average molecular weight is 431 g/mol. The third-order valence-electron chi connectivity index (χ3n) is 7.31. The Morgan fingerprint density at radius 2 is 1.59 bits per heavy atom. The van der Waals surface area contributed by atoms with Crippen LogP contribution in [0.25, 0.3) is 10.8 Å². The van der Waals surface area contributed by atoms with Crippen molar-refractivity contribution in [3.8, 4) is 11.5 Å². The third-order valence-corrected chi connectivity index (χ3v) is 7.31. The molecule has 3 aromatic carbocycles. The summed E-state index contributed by atoms with van der Waals surface area (Å²) in [6.07, 6.45) is 4.75. The summed E-state index contributed by atoms with van der Waals surface area (Å²) < 4.78 is 11.3. The van der Waals surface area contributed by atoms with Crippen LogP contribution in [0, 0.1) is 0 Å². The zero-order valence-electron chi connectivity index (χ0n) is 19.3. The van der Waals surface area contributed by atoms with Crippen LogP contribution in [-0.4, -0.2) is 56.7 Å². The summed E-state index contributed by atoms with van der Waals surface area (Å²) in [5.74, 6) is 1.66. The molecule has 0 N–H and O–H groups in total. The second kappa shape index (κ2) is 9.51. The Balaban J connectivity index is 1.50. The van der Waals surface area contributed by atoms with E-state index in [0.717, 1.165) is 44.0 Å². The molecule has 1 fully saturated rings. The smallest absolute Gasteiger partial charge is 0.161 e. The Morgan fingerprint density at radius 1 is 0.844 bits per heavy atom. The van der Waals surface area contributed by atoms with Gasteiger partial charge in [0.25, 0.3) is 0 Å². The molecule has 2 aliphatic heterocycles. The first-order valence-corrected chi connectivity index (χ1v) is 11.9. The van der Waals surface area contributed by atoms with Crippen LogP contribution < -0.4 is 9.47 Å². The van der Waals surface area contributed by atoms with Crippen LogP contribution in [-0.2, 0) is 12.8 Å². The Labute approximate surface area is 191 Å². The van der Waals surface area contributed by atoms with E-state index < -0.39 is 0 Å². The highest BCUT2D eigenvalue weighted by atomic mass is 16.5. The van der Waals surface area contributed by atoms with Crippen molar-refractivity contribution in [1.29, 1.82) is 0 Å². The molecule has 4 heteroatoms. The topological polar surface area (TPSA) is 24.9 Å². The molecular formula is C28H34N2O2. The van der Waals surface area contributed by atoms with Crippen molar-refractivity contribution in [3.05, 3.63) is 71.3 Å². The van der Waals surface area contributed by atoms with Crippen LogP contribution in [0.2, 0.25) is 0 Å². The van der Waals surface area contributed by atoms with Gasteiger partial charge in [-0.05, 0) is 78.4 Å². The number of fused-ring (bicyclic) bond motifs is 2. The molecule has 4 nitrogen and oxygen atoms in total. The summed E-state index contributed by atoms with van der Waals surface area (Å²) in [7, 11) is 3.46. The monoisotopic (exact) mass is 430 g/mol. The van der Waals surface area contributed by atoms with E-state index in [1.54, 1.807) is 14.2 Å². The molecule has 0 radical (unpaired) electrons. The molecule has 168 valence electrons. The van der Waals surface area contributed by atoms with Gasteiger partial charge in [-0.1, -0.05) is 42.5 Å². The van der Waals surface area contributed by atoms with Gasteiger partial charge < -0.3 is 14.4 Å². The molecule has 0 amide bonds. The molecule has 1 unspecified atom stereocenters. The van der Waals surface area contributed by atoms with E-state index in [2.05, 4.69) is 64.4 Å². The standard InChI is InChI=1S/C28H34N2O2/c1-31-27-19-23-12-15-30(17-16-29-13-5-6-14-29)26(25(23)20-28(27)32-2)18-22-10-7-9-21-8-3-4-11-24(21)22/h3-4,7-11,19-20,26H,5-6,12-18H2,1-2H3. The molecule has 0 bridgehead atoms. The van der Waals surface area contributed by atoms with Gasteiger partial charge in [0.2, 0.25) is 0 Å². The molecule has 0 saturated carbocycles. The number of nitrogens with zero attached hydrogens (tertiary/aromatic N) is 2. The maximum absolute atomic E-state index is 5.70. The fourth-order valence-corrected chi connectivity index (χ4v) is 5.54. The highest BCUT2D eigenvalue weighted by molar-refractivity contribution is 5.85. The van der Waals surface area contributed by atoms with Gasteiger partial charge in [-0.2, -0.15) is 0 Å². The lowest BCUT2D eigenvalue weighted by molar-refractivity contribution is 0.159. The maximum Gasteiger partial charge on any atom is 0.161 e. The number of hydrogen-bond acceptors (Lipinski definition) is 4. The molecule has 0 aromatic heterocycles. The molecular weight excluding hydrogens is 396 g/mol. The zero-order chi connectivity index (χ0) is 21.9. The molecule has 2 heterocycles. The average Bonchev–Trinajstić information content (AvgIpc) is 3.36. The van der Waals surface area contributed by atoms with Crippen LogP contribution in [0.15, 0.2) is 54.6 Å². The second-order valence-corrected chi connectivity index (χ2v) is 9.10. The number of ether oxygens (including phenoxy) is 2. The first-order valence-electron chi connectivity index (χ1n) is 11.9. The molecule has 1 saturated heterocycles. The van der Waals surface area contributed by atoms with Crippen molar-refractivity contribution >= 4 is 10.8 Å². The highest BCUT2D eigenvalue weighted by Gasteiger charge is 2.30. The van der Waals surface area contributed by atoms with Crippen molar-refractivity contribution in [2.45, 2.75) is 31.7 Å². The summed E-state index contributed by atoms with van der Waals surface area (Å²) in [4.78, 5) is 5.33. The van der Waals surface area contributed by atoms with E-state index in [1.807, 2.05) is 0 Å². The molecule has 0 aliphatic carbocycles. The summed E-state index contributed by atoms with van der Waals surface area (Å²) in [6, 6.07) is 20.2. The van der Waals surface area contributed by atoms with E-state index in [1.165, 1.54) is 53.4 Å². The molecule has 5 rings (SSSR count). The van der Waals surface area contributed by atoms with Gasteiger partial charge in [-0.15, -0.1) is 0 Å². The van der Waals surface area contributed by atoms with Gasteiger partial charge in [0.05, 0.1) is 14.2 Å². The minimum atomic E-state index is 0.340. The highest BCUT2D eigenvalue weighted by Crippen LogP contribution is 2.40. The van der Waals surface area contributed by atoms with E-state index in [4.69, 9.17) is 9.47 Å². The minimum Gasteiger partial charge on any atom is -0.493 e. The van der Waals surface area contributed by atoms with Crippen LogP contribution in [0.4, 0.5) is 0 Å². The Morgan fingerprint density at radius 3 is 2.41 bits per heavy atom. The number of likely N-dealkylation sites (tertiary alicyclic amines) is 1. The van der Waals surface area contributed by atoms with Crippen molar-refractivity contribution in [1.82, 2.24) is 9.80 Å². The van der Waals surface area contributed by atoms with Gasteiger partial charge in [-0.25, -0.2) is 0 Å². The van der Waals surface area contributed by atoms with Crippen LogP contribution in [0.3, 0.4) is 0 Å². The Kier molecular flexibility index (Phi) is 6.33. The SMILES string of the molecule is COc1cc2c(cc1OC)C(Cc1cccc3ccccc13)N(CCN1CCCC1)CC2. The van der Waals surface area contributed by atoms with Gasteiger partial charge in [0, 0.05) is 25.7 Å². The van der Waals surface area contributed by atoms with Crippen LogP contribution in [0.1, 0.15) is 35.6 Å². The van der Waals surface area contributed by atoms with Crippen LogP contribution in [0.5, 0.6) is 11.5 Å². The minimum absolute atomic E-state index is 0.340. The molecule has 3 aromatic rings. The number of methoxy groups -OCH3 is 2. The van der Waals surface area contributed by atoms with E-state index >= 15 is 0 Å². The quantitative estimate of drug-likeness (QED) is 0.521. The first kappa shape index (κ1) is 21.3. The number of rotatable bonds is 7. The van der Waals surface area contributed by atoms with Crippen molar-refractivity contribution in [2.24, 2.45) is 0 Å². The zero-order valence-corrected chi connectivity index (χ0v) is 19.3. The number of benzene rings is 3. The van der Waals surface area contributed by atoms with Gasteiger partial charge in [0.1, 0.15) is 0 Å². The summed E-state index contributed by atoms with van der Waals surface area (Å²) >= 11 is 0. The van der Waals surface area contributed by atoms with E-state index in [0.29, 0.717) is 6.04 Å². The van der Waals surface area contributed by atoms with Crippen molar-refractivity contribution < 1.29 is 9.47 Å². The fraction of sp³-hybridized carbons (Fsp3) is 0.429. The third kappa shape index (κ3) is 4.22. The lowest BCUT2D eigenvalue weighted by atomic mass is 9.87. The lowest BCUT2D eigenvalue weighted by Gasteiger charge is -2.39. The van der Waals surface area contributed by atoms with Gasteiger partial charge in [0.15, 0.2) is 11.5 Å². The summed E-state index contributed by atoms with van der Waals surface area (Å²) in [5, 5.41) is 2.68. The largest absolute Gasteiger partial charge is 0.493 e. The number of hydrogen-bond donors (Lipinski definition) is 0. The second-order valence-electron chi connectivity index (χ2n) is 9.10. The predicted molar refractivity (Wildman–Crippen MR) is 131 cm³/mol. The Bertz CT molecular complexity index is 1070. The first-order chi connectivity index (χ1) is 15.8. The molecule has 32 heavy (non-hydrogen) atoms. The molecule has 0 spiro atoms. The summed E-state index contributed by atoms with van der Waals surface area (Å²) in [6.45, 7) is 5.87. The van der Waals surface area contributed by atoms with E-state index in [-0.39, 0.29) is 0 Å². The predicted octanol–water partition coefficient (Wildman–Crippen LogP) is 5.09.